The molecule has 0 saturated carbocycles. The van der Waals surface area contributed by atoms with Crippen LogP contribution in [0.25, 0.3) is 5.76 Å². The molecule has 0 spiro atoms. The fourth-order valence-corrected chi connectivity index (χ4v) is 4.58. The minimum atomic E-state index is -0.698. The number of halogens is 1. The lowest BCUT2D eigenvalue weighted by molar-refractivity contribution is -0.139. The topological polar surface area (TPSA) is 70.1 Å². The van der Waals surface area contributed by atoms with E-state index in [0.717, 1.165) is 17.7 Å². The van der Waals surface area contributed by atoms with E-state index >= 15 is 0 Å². The number of amides is 1. The van der Waals surface area contributed by atoms with Crippen molar-refractivity contribution in [2.45, 2.75) is 26.0 Å². The summed E-state index contributed by atoms with van der Waals surface area (Å²) in [4.78, 5) is 29.8. The van der Waals surface area contributed by atoms with Gasteiger partial charge in [0.05, 0.1) is 11.6 Å². The molecular weight excluding hydrogens is 488 g/mol. The number of benzene rings is 3. The number of rotatable bonds is 9. The monoisotopic (exact) mass is 518 g/mol. The number of aliphatic hydroxyl groups is 1. The second-order valence-electron chi connectivity index (χ2n) is 9.44. The van der Waals surface area contributed by atoms with Crippen molar-refractivity contribution in [3.05, 3.63) is 106 Å². The largest absolute Gasteiger partial charge is 0.507 e. The van der Waals surface area contributed by atoms with Gasteiger partial charge in [-0.3, -0.25) is 9.59 Å². The Morgan fingerprint density at radius 1 is 1.00 bits per heavy atom. The molecule has 37 heavy (non-hydrogen) atoms. The van der Waals surface area contributed by atoms with Gasteiger partial charge in [-0.25, -0.2) is 0 Å². The fraction of sp³-hybridized carbons (Fsp3) is 0.267. The number of aliphatic hydroxyl groups excluding tert-OH is 1. The molecule has 192 valence electrons. The molecule has 3 aromatic rings. The lowest BCUT2D eigenvalue weighted by Crippen LogP contribution is -2.32. The van der Waals surface area contributed by atoms with Crippen LogP contribution in [0.4, 0.5) is 0 Å². The summed E-state index contributed by atoms with van der Waals surface area (Å²) in [6, 6.07) is 21.2. The lowest BCUT2D eigenvalue weighted by atomic mass is 9.95. The van der Waals surface area contributed by atoms with Gasteiger partial charge in [-0.15, -0.1) is 0 Å². The Balaban J connectivity index is 1.63. The maximum absolute atomic E-state index is 13.2. The van der Waals surface area contributed by atoms with E-state index in [9.17, 15) is 14.7 Å². The van der Waals surface area contributed by atoms with E-state index in [1.807, 2.05) is 50.2 Å². The van der Waals surface area contributed by atoms with Crippen LogP contribution in [0.15, 0.2) is 78.4 Å². The number of carbonyl (C=O) groups is 2. The molecule has 1 amide bonds. The molecule has 0 aromatic heterocycles. The van der Waals surface area contributed by atoms with Crippen LogP contribution in [0.1, 0.15) is 34.7 Å². The zero-order valence-corrected chi connectivity index (χ0v) is 22.0. The molecule has 6 nitrogen and oxygen atoms in total. The summed E-state index contributed by atoms with van der Waals surface area (Å²) in [5.41, 5.74) is 3.47. The van der Waals surface area contributed by atoms with Crippen molar-refractivity contribution in [2.24, 2.45) is 0 Å². The standard InChI is InChI=1S/C30H31ClN2O4/c1-20-7-4-5-8-23(20)19-37-25-15-11-22(12-16-25)28(34)26-27(21-9-13-24(31)14-10-21)33(30(36)29(26)35)18-6-17-32(2)3/h4-5,7-16,27,34H,6,17-19H2,1-3H3/b28-26+. The number of ether oxygens (including phenoxy) is 1. The van der Waals surface area contributed by atoms with Gasteiger partial charge in [0.1, 0.15) is 18.1 Å². The number of hydrogen-bond acceptors (Lipinski definition) is 5. The average Bonchev–Trinajstić information content (AvgIpc) is 3.13. The van der Waals surface area contributed by atoms with Crippen LogP contribution in [-0.4, -0.2) is 53.8 Å². The molecule has 1 heterocycles. The van der Waals surface area contributed by atoms with Crippen molar-refractivity contribution in [1.82, 2.24) is 9.80 Å². The van der Waals surface area contributed by atoms with Crippen molar-refractivity contribution >= 4 is 29.1 Å². The van der Waals surface area contributed by atoms with Crippen LogP contribution >= 0.6 is 11.6 Å². The number of nitrogens with zero attached hydrogens (tertiary/aromatic N) is 2. The molecule has 7 heteroatoms. The first kappa shape index (κ1) is 26.5. The van der Waals surface area contributed by atoms with Gasteiger partial charge in [0.15, 0.2) is 0 Å². The summed E-state index contributed by atoms with van der Waals surface area (Å²) < 4.78 is 5.91. The SMILES string of the molecule is Cc1ccccc1COc1ccc(/C(O)=C2\C(=O)C(=O)N(CCCN(C)C)C2c2ccc(Cl)cc2)cc1. The minimum Gasteiger partial charge on any atom is -0.507 e. The van der Waals surface area contributed by atoms with Gasteiger partial charge in [0.25, 0.3) is 11.7 Å². The quantitative estimate of drug-likeness (QED) is 0.227. The number of Topliss-reactive ketones (excluding diaryl/α,β-unsaturated/α-hetero) is 1. The maximum atomic E-state index is 13.2. The molecule has 4 rings (SSSR count). The van der Waals surface area contributed by atoms with Gasteiger partial charge in [0.2, 0.25) is 0 Å². The Morgan fingerprint density at radius 3 is 2.32 bits per heavy atom. The number of likely N-dealkylation sites (tertiary alicyclic amines) is 1. The van der Waals surface area contributed by atoms with Crippen molar-refractivity contribution in [2.75, 3.05) is 27.2 Å². The molecule has 1 fully saturated rings. The first-order chi connectivity index (χ1) is 17.8. The third-order valence-electron chi connectivity index (χ3n) is 6.51. The molecule has 1 saturated heterocycles. The van der Waals surface area contributed by atoms with Gasteiger partial charge in [-0.1, -0.05) is 48.0 Å². The van der Waals surface area contributed by atoms with Gasteiger partial charge in [-0.05, 0) is 87.1 Å². The predicted octanol–water partition coefficient (Wildman–Crippen LogP) is 5.60. The maximum Gasteiger partial charge on any atom is 0.295 e. The smallest absolute Gasteiger partial charge is 0.295 e. The predicted molar refractivity (Wildman–Crippen MR) is 146 cm³/mol. The highest BCUT2D eigenvalue weighted by Crippen LogP contribution is 2.40. The van der Waals surface area contributed by atoms with Crippen molar-refractivity contribution in [3.63, 3.8) is 0 Å². The normalized spacial score (nSPS) is 17.0. The Morgan fingerprint density at radius 2 is 1.68 bits per heavy atom. The van der Waals surface area contributed by atoms with E-state index < -0.39 is 17.7 Å². The van der Waals surface area contributed by atoms with E-state index in [1.54, 1.807) is 53.4 Å². The molecular formula is C30H31ClN2O4. The van der Waals surface area contributed by atoms with Crippen LogP contribution in [0.3, 0.4) is 0 Å². The highest BCUT2D eigenvalue weighted by atomic mass is 35.5. The van der Waals surface area contributed by atoms with Crippen LogP contribution in [0, 0.1) is 6.92 Å². The van der Waals surface area contributed by atoms with E-state index in [-0.39, 0.29) is 11.3 Å². The number of ketones is 1. The first-order valence-corrected chi connectivity index (χ1v) is 12.6. The number of hydrogen-bond donors (Lipinski definition) is 1. The van der Waals surface area contributed by atoms with E-state index in [0.29, 0.717) is 41.5 Å². The molecule has 1 N–H and O–H groups in total. The molecule has 1 aliphatic rings. The van der Waals surface area contributed by atoms with Crippen LogP contribution < -0.4 is 4.74 Å². The third kappa shape index (κ3) is 6.04. The Bertz CT molecular complexity index is 1300. The third-order valence-corrected chi connectivity index (χ3v) is 6.77. The highest BCUT2D eigenvalue weighted by molar-refractivity contribution is 6.46. The van der Waals surface area contributed by atoms with Gasteiger partial charge in [0, 0.05) is 17.1 Å². The highest BCUT2D eigenvalue weighted by Gasteiger charge is 2.45. The van der Waals surface area contributed by atoms with Crippen LogP contribution in [-0.2, 0) is 16.2 Å². The molecule has 1 unspecified atom stereocenters. The van der Waals surface area contributed by atoms with E-state index in [1.165, 1.54) is 0 Å². The Hall–Kier alpha value is -3.61. The van der Waals surface area contributed by atoms with Crippen molar-refractivity contribution < 1.29 is 19.4 Å². The molecule has 0 bridgehead atoms. The summed E-state index contributed by atoms with van der Waals surface area (Å²) in [5.74, 6) is -0.877. The molecule has 1 aliphatic heterocycles. The molecule has 0 radical (unpaired) electrons. The van der Waals surface area contributed by atoms with Gasteiger partial charge in [-0.2, -0.15) is 0 Å². The number of carbonyl (C=O) groups excluding carboxylic acids is 2. The first-order valence-electron chi connectivity index (χ1n) is 12.2. The van der Waals surface area contributed by atoms with Crippen molar-refractivity contribution in [1.29, 1.82) is 0 Å². The minimum absolute atomic E-state index is 0.0748. The second-order valence-corrected chi connectivity index (χ2v) is 9.88. The summed E-state index contributed by atoms with van der Waals surface area (Å²) >= 11 is 6.09. The van der Waals surface area contributed by atoms with Gasteiger partial charge < -0.3 is 19.6 Å². The molecule has 3 aromatic carbocycles. The fourth-order valence-electron chi connectivity index (χ4n) is 4.46. The Labute approximate surface area is 222 Å². The Kier molecular flexibility index (Phi) is 8.31. The summed E-state index contributed by atoms with van der Waals surface area (Å²) in [7, 11) is 3.92. The zero-order chi connectivity index (χ0) is 26.5. The molecule has 1 atom stereocenters. The number of aryl methyl sites for hydroxylation is 1. The van der Waals surface area contributed by atoms with E-state index in [4.69, 9.17) is 16.3 Å². The molecule has 0 aliphatic carbocycles. The van der Waals surface area contributed by atoms with Gasteiger partial charge >= 0.3 is 0 Å². The summed E-state index contributed by atoms with van der Waals surface area (Å²) in [5, 5.41) is 11.8. The van der Waals surface area contributed by atoms with Crippen molar-refractivity contribution in [3.8, 4) is 5.75 Å². The van der Waals surface area contributed by atoms with Crippen LogP contribution in [0.5, 0.6) is 5.75 Å². The van der Waals surface area contributed by atoms with Crippen LogP contribution in [0.2, 0.25) is 5.02 Å². The zero-order valence-electron chi connectivity index (χ0n) is 21.3. The second kappa shape index (κ2) is 11.6. The lowest BCUT2D eigenvalue weighted by Gasteiger charge is -2.26. The average molecular weight is 519 g/mol. The summed E-state index contributed by atoms with van der Waals surface area (Å²) in [6.45, 7) is 3.61. The van der Waals surface area contributed by atoms with E-state index in [2.05, 4.69) is 0 Å². The summed E-state index contributed by atoms with van der Waals surface area (Å²) in [6.07, 6.45) is 0.692.